The van der Waals surface area contributed by atoms with Crippen LogP contribution in [-0.2, 0) is 4.74 Å². The Balaban J connectivity index is 2.24. The SMILES string of the molecule is C=C(C)/C=C1/CCOC2CCCC=C12. The maximum atomic E-state index is 5.75. The van der Waals surface area contributed by atoms with Crippen LogP contribution in [0.4, 0.5) is 0 Å². The third-order valence-corrected chi connectivity index (χ3v) is 2.86. The van der Waals surface area contributed by atoms with Crippen molar-refractivity contribution in [3.63, 3.8) is 0 Å². The van der Waals surface area contributed by atoms with E-state index in [-0.39, 0.29) is 0 Å². The van der Waals surface area contributed by atoms with E-state index < -0.39 is 0 Å². The lowest BCUT2D eigenvalue weighted by molar-refractivity contribution is 0.0567. The van der Waals surface area contributed by atoms with E-state index >= 15 is 0 Å². The first-order chi connectivity index (χ1) is 6.77. The smallest absolute Gasteiger partial charge is 0.0824 e. The van der Waals surface area contributed by atoms with Gasteiger partial charge >= 0.3 is 0 Å². The third kappa shape index (κ3) is 1.98. The molecule has 0 spiro atoms. The van der Waals surface area contributed by atoms with Gasteiger partial charge in [0, 0.05) is 0 Å². The normalized spacial score (nSPS) is 29.6. The Bertz CT molecular complexity index is 296. The molecule has 0 amide bonds. The van der Waals surface area contributed by atoms with Crippen LogP contribution < -0.4 is 0 Å². The molecule has 1 aliphatic heterocycles. The van der Waals surface area contributed by atoms with Gasteiger partial charge in [-0.05, 0) is 43.8 Å². The van der Waals surface area contributed by atoms with Crippen molar-refractivity contribution >= 4 is 0 Å². The fraction of sp³-hybridized carbons (Fsp3) is 0.538. The Kier molecular flexibility index (Phi) is 2.87. The van der Waals surface area contributed by atoms with Crippen LogP contribution in [0.5, 0.6) is 0 Å². The summed E-state index contributed by atoms with van der Waals surface area (Å²) in [7, 11) is 0. The Morgan fingerprint density at radius 1 is 1.64 bits per heavy atom. The minimum absolute atomic E-state index is 0.378. The second kappa shape index (κ2) is 4.14. The largest absolute Gasteiger partial charge is 0.373 e. The van der Waals surface area contributed by atoms with Crippen LogP contribution in [0.2, 0.25) is 0 Å². The van der Waals surface area contributed by atoms with Gasteiger partial charge in [-0.25, -0.2) is 0 Å². The summed E-state index contributed by atoms with van der Waals surface area (Å²) in [6.45, 7) is 6.87. The highest BCUT2D eigenvalue weighted by Crippen LogP contribution is 2.33. The molecule has 1 nitrogen and oxygen atoms in total. The van der Waals surface area contributed by atoms with Crippen molar-refractivity contribution in [2.75, 3.05) is 6.61 Å². The van der Waals surface area contributed by atoms with Crippen molar-refractivity contribution in [3.8, 4) is 0 Å². The Hall–Kier alpha value is -0.820. The first kappa shape index (κ1) is 9.72. The second-order valence-corrected chi connectivity index (χ2v) is 4.22. The quantitative estimate of drug-likeness (QED) is 0.616. The molecule has 1 saturated heterocycles. The lowest BCUT2D eigenvalue weighted by atomic mass is 9.87. The summed E-state index contributed by atoms with van der Waals surface area (Å²) in [6.07, 6.45) is 9.67. The van der Waals surface area contributed by atoms with E-state index in [9.17, 15) is 0 Å². The molecule has 1 heterocycles. The molecule has 2 rings (SSSR count). The molecule has 1 atom stereocenters. The Morgan fingerprint density at radius 2 is 2.50 bits per heavy atom. The van der Waals surface area contributed by atoms with Crippen LogP contribution in [0, 0.1) is 0 Å². The van der Waals surface area contributed by atoms with Gasteiger partial charge in [0.15, 0.2) is 0 Å². The van der Waals surface area contributed by atoms with E-state index in [2.05, 4.69) is 25.7 Å². The predicted octanol–water partition coefficient (Wildman–Crippen LogP) is 3.39. The van der Waals surface area contributed by atoms with E-state index in [4.69, 9.17) is 4.74 Å². The van der Waals surface area contributed by atoms with Crippen LogP contribution in [0.1, 0.15) is 32.6 Å². The highest BCUT2D eigenvalue weighted by atomic mass is 16.5. The molecule has 76 valence electrons. The third-order valence-electron chi connectivity index (χ3n) is 2.86. The average molecular weight is 190 g/mol. The number of allylic oxidation sites excluding steroid dienone is 3. The van der Waals surface area contributed by atoms with Crippen LogP contribution in [0.3, 0.4) is 0 Å². The molecule has 0 radical (unpaired) electrons. The van der Waals surface area contributed by atoms with Crippen molar-refractivity contribution in [1.29, 1.82) is 0 Å². The first-order valence-electron chi connectivity index (χ1n) is 5.45. The number of hydrogen-bond acceptors (Lipinski definition) is 1. The van der Waals surface area contributed by atoms with Gasteiger partial charge in [-0.15, -0.1) is 0 Å². The molecule has 0 bridgehead atoms. The number of fused-ring (bicyclic) bond motifs is 1. The Labute approximate surface area is 86.2 Å². The van der Waals surface area contributed by atoms with Crippen molar-refractivity contribution in [3.05, 3.63) is 35.5 Å². The van der Waals surface area contributed by atoms with E-state index in [1.165, 1.54) is 30.4 Å². The highest BCUT2D eigenvalue weighted by Gasteiger charge is 2.24. The van der Waals surface area contributed by atoms with Crippen LogP contribution in [0.25, 0.3) is 0 Å². The lowest BCUT2D eigenvalue weighted by Crippen LogP contribution is -2.25. The summed E-state index contributed by atoms with van der Waals surface area (Å²) in [6, 6.07) is 0. The van der Waals surface area contributed by atoms with Crippen LogP contribution in [0.15, 0.2) is 35.5 Å². The monoisotopic (exact) mass is 190 g/mol. The fourth-order valence-corrected chi connectivity index (χ4v) is 2.27. The highest BCUT2D eigenvalue weighted by molar-refractivity contribution is 5.40. The summed E-state index contributed by atoms with van der Waals surface area (Å²) in [5, 5.41) is 0. The van der Waals surface area contributed by atoms with E-state index in [0.717, 1.165) is 18.6 Å². The number of hydrogen-bond donors (Lipinski definition) is 0. The van der Waals surface area contributed by atoms with Crippen molar-refractivity contribution in [2.45, 2.75) is 38.7 Å². The molecule has 0 aromatic heterocycles. The summed E-state index contributed by atoms with van der Waals surface area (Å²) >= 11 is 0. The molecular formula is C13H18O. The Morgan fingerprint density at radius 3 is 3.29 bits per heavy atom. The maximum Gasteiger partial charge on any atom is 0.0824 e. The lowest BCUT2D eigenvalue weighted by Gasteiger charge is -2.31. The minimum Gasteiger partial charge on any atom is -0.373 e. The average Bonchev–Trinajstić information content (AvgIpc) is 2.18. The van der Waals surface area contributed by atoms with Gasteiger partial charge in [-0.1, -0.05) is 24.3 Å². The zero-order valence-corrected chi connectivity index (χ0v) is 8.88. The van der Waals surface area contributed by atoms with Gasteiger partial charge in [0.2, 0.25) is 0 Å². The van der Waals surface area contributed by atoms with Gasteiger partial charge in [0.05, 0.1) is 12.7 Å². The first-order valence-corrected chi connectivity index (χ1v) is 5.45. The molecular weight excluding hydrogens is 172 g/mol. The molecule has 14 heavy (non-hydrogen) atoms. The van der Waals surface area contributed by atoms with Gasteiger partial charge in [0.25, 0.3) is 0 Å². The molecule has 1 aliphatic carbocycles. The second-order valence-electron chi connectivity index (χ2n) is 4.22. The summed E-state index contributed by atoms with van der Waals surface area (Å²) in [5.41, 5.74) is 4.03. The molecule has 0 saturated carbocycles. The fourth-order valence-electron chi connectivity index (χ4n) is 2.27. The van der Waals surface area contributed by atoms with E-state index in [1.807, 2.05) is 0 Å². The number of rotatable bonds is 1. The topological polar surface area (TPSA) is 9.23 Å². The standard InChI is InChI=1S/C13H18O/c1-10(2)9-11-7-8-14-13-6-4-3-5-12(11)13/h5,9,13H,1,3-4,6-8H2,2H3/b11-9-. The van der Waals surface area contributed by atoms with Gasteiger partial charge in [-0.3, -0.25) is 0 Å². The minimum atomic E-state index is 0.378. The summed E-state index contributed by atoms with van der Waals surface area (Å²) < 4.78 is 5.75. The molecule has 1 fully saturated rings. The predicted molar refractivity (Wildman–Crippen MR) is 59.2 cm³/mol. The number of ether oxygens (including phenoxy) is 1. The van der Waals surface area contributed by atoms with Gasteiger partial charge < -0.3 is 4.74 Å². The van der Waals surface area contributed by atoms with Crippen molar-refractivity contribution in [1.82, 2.24) is 0 Å². The van der Waals surface area contributed by atoms with Gasteiger partial charge in [0.1, 0.15) is 0 Å². The summed E-state index contributed by atoms with van der Waals surface area (Å²) in [4.78, 5) is 0. The van der Waals surface area contributed by atoms with Crippen LogP contribution >= 0.6 is 0 Å². The molecule has 1 unspecified atom stereocenters. The molecule has 2 aliphatic rings. The molecule has 0 aromatic rings. The summed E-state index contributed by atoms with van der Waals surface area (Å²) in [5.74, 6) is 0. The molecule has 0 aromatic carbocycles. The van der Waals surface area contributed by atoms with Crippen molar-refractivity contribution in [2.24, 2.45) is 0 Å². The van der Waals surface area contributed by atoms with E-state index in [0.29, 0.717) is 6.10 Å². The maximum absolute atomic E-state index is 5.75. The van der Waals surface area contributed by atoms with Gasteiger partial charge in [-0.2, -0.15) is 0 Å². The molecule has 1 heteroatoms. The molecule has 0 N–H and O–H groups in total. The van der Waals surface area contributed by atoms with E-state index in [1.54, 1.807) is 0 Å². The van der Waals surface area contributed by atoms with Crippen molar-refractivity contribution < 1.29 is 4.74 Å². The zero-order chi connectivity index (χ0) is 9.97. The zero-order valence-electron chi connectivity index (χ0n) is 8.88. The van der Waals surface area contributed by atoms with Crippen LogP contribution in [-0.4, -0.2) is 12.7 Å².